The molecule has 0 amide bonds. The first kappa shape index (κ1) is 11.8. The molecule has 0 spiro atoms. The van der Waals surface area contributed by atoms with Gasteiger partial charge < -0.3 is 5.11 Å². The van der Waals surface area contributed by atoms with Gasteiger partial charge in [0.1, 0.15) is 5.75 Å². The van der Waals surface area contributed by atoms with Gasteiger partial charge >= 0.3 is 0 Å². The number of para-hydroxylation sites is 1. The van der Waals surface area contributed by atoms with Crippen LogP contribution in [0.1, 0.15) is 12.5 Å². The Kier molecular flexibility index (Phi) is 2.96. The second kappa shape index (κ2) is 4.77. The van der Waals surface area contributed by atoms with Crippen molar-refractivity contribution in [2.24, 2.45) is 0 Å². The van der Waals surface area contributed by atoms with Crippen LogP contribution in [0.4, 0.5) is 0 Å². The van der Waals surface area contributed by atoms with Crippen LogP contribution in [0.15, 0.2) is 60.7 Å². The molecule has 0 fully saturated rings. The number of rotatable bonds is 2. The molecule has 0 radical (unpaired) electrons. The fraction of sp³-hybridized carbons (Fsp3) is 0.111. The van der Waals surface area contributed by atoms with E-state index in [1.807, 2.05) is 18.2 Å². The smallest absolute Gasteiger partial charge is 0.123 e. The number of hydrogen-bond donors (Lipinski definition) is 1. The Labute approximate surface area is 113 Å². The molecule has 94 valence electrons. The largest absolute Gasteiger partial charge is 0.507 e. The zero-order valence-electron chi connectivity index (χ0n) is 10.9. The third-order valence-corrected chi connectivity index (χ3v) is 3.53. The fourth-order valence-electron chi connectivity index (χ4n) is 2.40. The molecule has 0 aliphatic heterocycles. The third-order valence-electron chi connectivity index (χ3n) is 3.53. The number of aryl methyl sites for hydroxylation is 1. The first-order chi connectivity index (χ1) is 9.28. The standard InChI is InChI=1S/C18H16O/c1-2-13-7-8-15-12-16(10-9-14(15)11-13)17-5-3-4-6-18(17)19/h3-12,19H,2H2,1H3. The summed E-state index contributed by atoms with van der Waals surface area (Å²) in [4.78, 5) is 0. The normalized spacial score (nSPS) is 10.8. The van der Waals surface area contributed by atoms with Crippen LogP contribution < -0.4 is 0 Å². The highest BCUT2D eigenvalue weighted by Crippen LogP contribution is 2.31. The summed E-state index contributed by atoms with van der Waals surface area (Å²) < 4.78 is 0. The van der Waals surface area contributed by atoms with Crippen LogP contribution in [0.3, 0.4) is 0 Å². The van der Waals surface area contributed by atoms with Crippen molar-refractivity contribution in [3.8, 4) is 16.9 Å². The Hall–Kier alpha value is -2.28. The molecule has 0 atom stereocenters. The fourth-order valence-corrected chi connectivity index (χ4v) is 2.40. The predicted molar refractivity (Wildman–Crippen MR) is 80.4 cm³/mol. The van der Waals surface area contributed by atoms with Crippen molar-refractivity contribution in [1.82, 2.24) is 0 Å². The molecule has 3 rings (SSSR count). The van der Waals surface area contributed by atoms with E-state index in [1.165, 1.54) is 16.3 Å². The lowest BCUT2D eigenvalue weighted by molar-refractivity contribution is 0.477. The second-order valence-electron chi connectivity index (χ2n) is 4.77. The molecule has 19 heavy (non-hydrogen) atoms. The maximum atomic E-state index is 9.92. The van der Waals surface area contributed by atoms with Crippen LogP contribution in [0, 0.1) is 0 Å². The second-order valence-corrected chi connectivity index (χ2v) is 4.77. The van der Waals surface area contributed by atoms with Crippen LogP contribution >= 0.6 is 0 Å². The molecule has 3 aromatic carbocycles. The summed E-state index contributed by atoms with van der Waals surface area (Å²) in [5, 5.41) is 12.4. The summed E-state index contributed by atoms with van der Waals surface area (Å²) in [6.45, 7) is 2.16. The Balaban J connectivity index is 2.15. The average Bonchev–Trinajstić information content (AvgIpc) is 2.46. The molecule has 3 aromatic rings. The molecular weight excluding hydrogens is 232 g/mol. The lowest BCUT2D eigenvalue weighted by atomic mass is 9.99. The van der Waals surface area contributed by atoms with Crippen LogP contribution in [0.2, 0.25) is 0 Å². The van der Waals surface area contributed by atoms with E-state index < -0.39 is 0 Å². The highest BCUT2D eigenvalue weighted by atomic mass is 16.3. The number of phenolic OH excluding ortho intramolecular Hbond substituents is 1. The van der Waals surface area contributed by atoms with Gasteiger partial charge in [0, 0.05) is 5.56 Å². The van der Waals surface area contributed by atoms with E-state index >= 15 is 0 Å². The lowest BCUT2D eigenvalue weighted by Gasteiger charge is -2.07. The maximum Gasteiger partial charge on any atom is 0.123 e. The summed E-state index contributed by atoms with van der Waals surface area (Å²) in [7, 11) is 0. The molecule has 1 nitrogen and oxygen atoms in total. The van der Waals surface area contributed by atoms with Crippen molar-refractivity contribution in [1.29, 1.82) is 0 Å². The Morgan fingerprint density at radius 3 is 2.37 bits per heavy atom. The van der Waals surface area contributed by atoms with Gasteiger partial charge in [-0.25, -0.2) is 0 Å². The maximum absolute atomic E-state index is 9.92. The van der Waals surface area contributed by atoms with Gasteiger partial charge in [-0.2, -0.15) is 0 Å². The van der Waals surface area contributed by atoms with Gasteiger partial charge in [0.2, 0.25) is 0 Å². The Morgan fingerprint density at radius 1 is 0.842 bits per heavy atom. The third kappa shape index (κ3) is 2.19. The molecule has 0 aromatic heterocycles. The number of hydrogen-bond acceptors (Lipinski definition) is 1. The van der Waals surface area contributed by atoms with Crippen molar-refractivity contribution in [3.63, 3.8) is 0 Å². The minimum absolute atomic E-state index is 0.326. The van der Waals surface area contributed by atoms with Crippen LogP contribution in [-0.2, 0) is 6.42 Å². The molecule has 0 aliphatic rings. The van der Waals surface area contributed by atoms with E-state index in [1.54, 1.807) is 6.07 Å². The number of benzene rings is 3. The topological polar surface area (TPSA) is 20.2 Å². The van der Waals surface area contributed by atoms with Gasteiger partial charge in [-0.15, -0.1) is 0 Å². The highest BCUT2D eigenvalue weighted by molar-refractivity contribution is 5.88. The minimum atomic E-state index is 0.326. The van der Waals surface area contributed by atoms with E-state index in [0.717, 1.165) is 17.5 Å². The van der Waals surface area contributed by atoms with Crippen molar-refractivity contribution in [2.45, 2.75) is 13.3 Å². The number of phenols is 1. The van der Waals surface area contributed by atoms with Crippen LogP contribution in [0.5, 0.6) is 5.75 Å². The van der Waals surface area contributed by atoms with Gasteiger partial charge in [-0.1, -0.05) is 55.5 Å². The summed E-state index contributed by atoms with van der Waals surface area (Å²) in [6, 6.07) is 20.3. The molecule has 0 unspecified atom stereocenters. The molecule has 0 bridgehead atoms. The molecule has 1 N–H and O–H groups in total. The van der Waals surface area contributed by atoms with Crippen molar-refractivity contribution < 1.29 is 5.11 Å². The summed E-state index contributed by atoms with van der Waals surface area (Å²) in [5.41, 5.74) is 3.28. The molecule has 0 saturated carbocycles. The van der Waals surface area contributed by atoms with Crippen LogP contribution in [0.25, 0.3) is 21.9 Å². The van der Waals surface area contributed by atoms with Crippen molar-refractivity contribution >= 4 is 10.8 Å². The van der Waals surface area contributed by atoms with Crippen LogP contribution in [-0.4, -0.2) is 5.11 Å². The Bertz CT molecular complexity index is 729. The SMILES string of the molecule is CCc1ccc2cc(-c3ccccc3O)ccc2c1. The number of fused-ring (bicyclic) bond motifs is 1. The van der Waals surface area contributed by atoms with Gasteiger partial charge in [-0.05, 0) is 40.5 Å². The predicted octanol–water partition coefficient (Wildman–Crippen LogP) is 4.77. The highest BCUT2D eigenvalue weighted by Gasteiger charge is 2.04. The van der Waals surface area contributed by atoms with Crippen molar-refractivity contribution in [3.05, 3.63) is 66.2 Å². The van der Waals surface area contributed by atoms with Gasteiger partial charge in [0.05, 0.1) is 0 Å². The molecule has 0 heterocycles. The van der Waals surface area contributed by atoms with E-state index in [-0.39, 0.29) is 0 Å². The summed E-state index contributed by atoms with van der Waals surface area (Å²) in [6.07, 6.45) is 1.05. The van der Waals surface area contributed by atoms with E-state index in [9.17, 15) is 5.11 Å². The van der Waals surface area contributed by atoms with E-state index in [2.05, 4.69) is 43.3 Å². The zero-order chi connectivity index (χ0) is 13.2. The Morgan fingerprint density at radius 2 is 1.58 bits per heavy atom. The lowest BCUT2D eigenvalue weighted by Crippen LogP contribution is -1.83. The van der Waals surface area contributed by atoms with E-state index in [0.29, 0.717) is 5.75 Å². The van der Waals surface area contributed by atoms with Gasteiger partial charge in [-0.3, -0.25) is 0 Å². The number of aromatic hydroxyl groups is 1. The summed E-state index contributed by atoms with van der Waals surface area (Å²) >= 11 is 0. The van der Waals surface area contributed by atoms with E-state index in [4.69, 9.17) is 0 Å². The quantitative estimate of drug-likeness (QED) is 0.692. The summed E-state index contributed by atoms with van der Waals surface area (Å²) in [5.74, 6) is 0.326. The average molecular weight is 248 g/mol. The zero-order valence-corrected chi connectivity index (χ0v) is 10.9. The molecule has 1 heteroatoms. The monoisotopic (exact) mass is 248 g/mol. The minimum Gasteiger partial charge on any atom is -0.507 e. The van der Waals surface area contributed by atoms with Crippen molar-refractivity contribution in [2.75, 3.05) is 0 Å². The molecule has 0 aliphatic carbocycles. The molecule has 0 saturated heterocycles. The van der Waals surface area contributed by atoms with Gasteiger partial charge in [0.25, 0.3) is 0 Å². The first-order valence-corrected chi connectivity index (χ1v) is 6.59. The first-order valence-electron chi connectivity index (χ1n) is 6.59. The molecular formula is C18H16O. The van der Waals surface area contributed by atoms with Gasteiger partial charge in [0.15, 0.2) is 0 Å².